The zero-order valence-electron chi connectivity index (χ0n) is 18.6. The van der Waals surface area contributed by atoms with E-state index in [0.717, 1.165) is 50.1 Å². The van der Waals surface area contributed by atoms with Crippen LogP contribution in [0.2, 0.25) is 0 Å². The van der Waals surface area contributed by atoms with Crippen LogP contribution in [0.1, 0.15) is 37.7 Å². The molecule has 2 heterocycles. The lowest BCUT2D eigenvalue weighted by atomic mass is 10.0. The molecule has 0 radical (unpaired) electrons. The number of fused-ring (bicyclic) bond motifs is 1. The van der Waals surface area contributed by atoms with Gasteiger partial charge in [-0.3, -0.25) is 4.90 Å². The minimum atomic E-state index is -0.516. The summed E-state index contributed by atoms with van der Waals surface area (Å²) in [6.07, 6.45) is 6.12. The fraction of sp³-hybridized carbons (Fsp3) is 0.750. The second-order valence-corrected chi connectivity index (χ2v) is 9.33. The summed E-state index contributed by atoms with van der Waals surface area (Å²) in [4.78, 5) is 4.87. The van der Waals surface area contributed by atoms with Crippen LogP contribution >= 0.6 is 0 Å². The molecular formula is C24H38N2O4. The van der Waals surface area contributed by atoms with E-state index in [1.54, 1.807) is 14.2 Å². The molecule has 0 amide bonds. The van der Waals surface area contributed by atoms with E-state index in [4.69, 9.17) is 14.2 Å². The van der Waals surface area contributed by atoms with Gasteiger partial charge < -0.3 is 24.2 Å². The maximum absolute atomic E-state index is 10.4. The Bertz CT molecular complexity index is 665. The highest BCUT2D eigenvalue weighted by Crippen LogP contribution is 2.38. The number of hydrogen-bond acceptors (Lipinski definition) is 6. The molecule has 6 heteroatoms. The van der Waals surface area contributed by atoms with Gasteiger partial charge in [0.2, 0.25) is 0 Å². The number of benzene rings is 1. The minimum Gasteiger partial charge on any atom is -0.493 e. The van der Waals surface area contributed by atoms with Crippen LogP contribution in [0.3, 0.4) is 0 Å². The van der Waals surface area contributed by atoms with Gasteiger partial charge in [-0.2, -0.15) is 0 Å². The Kier molecular flexibility index (Phi) is 7.52. The summed E-state index contributed by atoms with van der Waals surface area (Å²) < 4.78 is 16.9. The molecular weight excluding hydrogens is 380 g/mol. The van der Waals surface area contributed by atoms with E-state index in [-0.39, 0.29) is 6.61 Å². The van der Waals surface area contributed by atoms with Gasteiger partial charge in [0.05, 0.1) is 13.2 Å². The second-order valence-electron chi connectivity index (χ2n) is 9.33. The molecule has 0 bridgehead atoms. The number of ether oxygens (including phenoxy) is 3. The molecule has 1 saturated carbocycles. The third-order valence-electron chi connectivity index (χ3n) is 7.20. The van der Waals surface area contributed by atoms with Crippen molar-refractivity contribution in [3.63, 3.8) is 0 Å². The van der Waals surface area contributed by atoms with Crippen molar-refractivity contribution in [1.82, 2.24) is 9.80 Å². The highest BCUT2D eigenvalue weighted by Gasteiger charge is 2.35. The first-order chi connectivity index (χ1) is 14.6. The monoisotopic (exact) mass is 418 g/mol. The summed E-state index contributed by atoms with van der Waals surface area (Å²) in [5, 5.41) is 10.4. The molecule has 2 aliphatic heterocycles. The Hall–Kier alpha value is -1.34. The number of β-amino-alcohol motifs (C(OH)–C–C–N with tert-alkyl or cyclic N) is 1. The molecule has 0 spiro atoms. The van der Waals surface area contributed by atoms with Gasteiger partial charge in [0.1, 0.15) is 12.7 Å². The molecule has 1 aliphatic carbocycles. The van der Waals surface area contributed by atoms with Crippen LogP contribution in [0.15, 0.2) is 18.2 Å². The molecule has 3 atom stereocenters. The molecule has 3 aliphatic rings. The van der Waals surface area contributed by atoms with Crippen LogP contribution in [-0.4, -0.2) is 80.7 Å². The van der Waals surface area contributed by atoms with Crippen molar-refractivity contribution in [2.45, 2.75) is 50.9 Å². The molecule has 30 heavy (non-hydrogen) atoms. The standard InChI is InChI=1S/C24H38N2O4/c1-28-22-8-10-25(11-9-22)16-21(27)17-30-23-7-6-18(12-24(23)29-2)13-26-14-19-4-3-5-20(19)15-26/h6-7,12,19-22,27H,3-5,8-11,13-17H2,1-2H3/t19-,20+,21?. The Morgan fingerprint density at radius 3 is 2.40 bits per heavy atom. The first-order valence-electron chi connectivity index (χ1n) is 11.6. The lowest BCUT2D eigenvalue weighted by molar-refractivity contribution is 0.0151. The van der Waals surface area contributed by atoms with E-state index in [2.05, 4.69) is 21.9 Å². The number of rotatable bonds is 9. The number of nitrogens with zero attached hydrogens (tertiary/aromatic N) is 2. The summed E-state index contributed by atoms with van der Waals surface area (Å²) in [5.41, 5.74) is 1.26. The highest BCUT2D eigenvalue weighted by molar-refractivity contribution is 5.43. The molecule has 3 fully saturated rings. The van der Waals surface area contributed by atoms with Crippen LogP contribution in [0.4, 0.5) is 0 Å². The van der Waals surface area contributed by atoms with Gasteiger partial charge in [-0.05, 0) is 55.2 Å². The fourth-order valence-electron chi connectivity index (χ4n) is 5.51. The molecule has 168 valence electrons. The Morgan fingerprint density at radius 1 is 1.00 bits per heavy atom. The molecule has 1 N–H and O–H groups in total. The number of aliphatic hydroxyl groups excluding tert-OH is 1. The number of likely N-dealkylation sites (tertiary alicyclic amines) is 2. The van der Waals surface area contributed by atoms with Gasteiger partial charge in [-0.1, -0.05) is 12.5 Å². The van der Waals surface area contributed by atoms with Gasteiger partial charge >= 0.3 is 0 Å². The molecule has 1 aromatic rings. The summed E-state index contributed by atoms with van der Waals surface area (Å²) >= 11 is 0. The van der Waals surface area contributed by atoms with Crippen molar-refractivity contribution in [2.75, 3.05) is 53.6 Å². The van der Waals surface area contributed by atoms with Crippen molar-refractivity contribution in [3.8, 4) is 11.5 Å². The van der Waals surface area contributed by atoms with E-state index in [1.165, 1.54) is 37.9 Å². The van der Waals surface area contributed by atoms with Crippen molar-refractivity contribution in [2.24, 2.45) is 11.8 Å². The normalized spacial score (nSPS) is 26.6. The third kappa shape index (κ3) is 5.47. The van der Waals surface area contributed by atoms with Crippen molar-refractivity contribution >= 4 is 0 Å². The summed E-state index contributed by atoms with van der Waals surface area (Å²) in [6.45, 7) is 6.28. The average molecular weight is 419 g/mol. The quantitative estimate of drug-likeness (QED) is 0.666. The molecule has 1 aromatic carbocycles. The third-order valence-corrected chi connectivity index (χ3v) is 7.20. The van der Waals surface area contributed by atoms with Gasteiger partial charge in [0.25, 0.3) is 0 Å². The maximum atomic E-state index is 10.4. The predicted octanol–water partition coefficient (Wildman–Crippen LogP) is 2.78. The molecule has 0 aromatic heterocycles. The summed E-state index contributed by atoms with van der Waals surface area (Å²) in [7, 11) is 3.46. The smallest absolute Gasteiger partial charge is 0.161 e. The SMILES string of the molecule is COc1cc(CN2C[C@H]3CCC[C@H]3C2)ccc1OCC(O)CN1CCC(OC)CC1. The summed E-state index contributed by atoms with van der Waals surface area (Å²) in [6, 6.07) is 6.21. The number of hydrogen-bond donors (Lipinski definition) is 1. The molecule has 6 nitrogen and oxygen atoms in total. The van der Waals surface area contributed by atoms with Crippen LogP contribution in [0, 0.1) is 11.8 Å². The van der Waals surface area contributed by atoms with E-state index in [0.29, 0.717) is 18.4 Å². The molecule has 1 unspecified atom stereocenters. The first kappa shape index (κ1) is 21.9. The highest BCUT2D eigenvalue weighted by atomic mass is 16.5. The number of methoxy groups -OCH3 is 2. The van der Waals surface area contributed by atoms with Gasteiger partial charge in [0, 0.05) is 46.4 Å². The summed E-state index contributed by atoms with van der Waals surface area (Å²) in [5.74, 6) is 3.28. The zero-order chi connectivity index (χ0) is 20.9. The number of piperidine rings is 1. The van der Waals surface area contributed by atoms with Crippen LogP contribution < -0.4 is 9.47 Å². The van der Waals surface area contributed by atoms with E-state index < -0.39 is 6.10 Å². The fourth-order valence-corrected chi connectivity index (χ4v) is 5.51. The van der Waals surface area contributed by atoms with Gasteiger partial charge in [0.15, 0.2) is 11.5 Å². The molecule has 2 saturated heterocycles. The largest absolute Gasteiger partial charge is 0.493 e. The lowest BCUT2D eigenvalue weighted by Gasteiger charge is -2.32. The van der Waals surface area contributed by atoms with Crippen LogP contribution in [0.5, 0.6) is 11.5 Å². The zero-order valence-corrected chi connectivity index (χ0v) is 18.6. The lowest BCUT2D eigenvalue weighted by Crippen LogP contribution is -2.42. The maximum Gasteiger partial charge on any atom is 0.161 e. The van der Waals surface area contributed by atoms with Crippen molar-refractivity contribution in [1.29, 1.82) is 0 Å². The minimum absolute atomic E-state index is 0.273. The molecule has 4 rings (SSSR count). The first-order valence-corrected chi connectivity index (χ1v) is 11.6. The van der Waals surface area contributed by atoms with E-state index in [9.17, 15) is 5.11 Å². The van der Waals surface area contributed by atoms with Crippen molar-refractivity contribution in [3.05, 3.63) is 23.8 Å². The second kappa shape index (κ2) is 10.3. The Morgan fingerprint density at radius 2 is 1.73 bits per heavy atom. The van der Waals surface area contributed by atoms with Crippen molar-refractivity contribution < 1.29 is 19.3 Å². The average Bonchev–Trinajstić information content (AvgIpc) is 3.35. The predicted molar refractivity (Wildman–Crippen MR) is 117 cm³/mol. The van der Waals surface area contributed by atoms with E-state index >= 15 is 0 Å². The van der Waals surface area contributed by atoms with Gasteiger partial charge in [-0.25, -0.2) is 0 Å². The van der Waals surface area contributed by atoms with Gasteiger partial charge in [-0.15, -0.1) is 0 Å². The van der Waals surface area contributed by atoms with E-state index in [1.807, 2.05) is 6.07 Å². The Balaban J connectivity index is 1.25. The van der Waals surface area contributed by atoms with Crippen LogP contribution in [-0.2, 0) is 11.3 Å². The topological polar surface area (TPSA) is 54.4 Å². The van der Waals surface area contributed by atoms with Crippen LogP contribution in [0.25, 0.3) is 0 Å². The Labute approximate surface area is 181 Å². The number of aliphatic hydroxyl groups is 1.